The molecule has 4 heteroatoms. The van der Waals surface area contributed by atoms with E-state index in [1.807, 2.05) is 12.1 Å². The Labute approximate surface area is 88.9 Å². The van der Waals surface area contributed by atoms with Gasteiger partial charge in [-0.15, -0.1) is 0 Å². The molecule has 1 aliphatic heterocycles. The number of aliphatic imine (C=N–C) groups is 1. The number of fused-ring (bicyclic) bond motifs is 1. The van der Waals surface area contributed by atoms with Crippen LogP contribution in [0, 0.1) is 12.3 Å². The second-order valence-corrected chi connectivity index (χ2v) is 3.68. The molecule has 4 nitrogen and oxygen atoms in total. The number of nitrogens with zero attached hydrogens (tertiary/aromatic N) is 1. The Bertz CT molecular complexity index is 423. The van der Waals surface area contributed by atoms with Gasteiger partial charge in [-0.3, -0.25) is 5.41 Å². The van der Waals surface area contributed by atoms with Crippen molar-refractivity contribution in [2.24, 2.45) is 4.99 Å². The zero-order chi connectivity index (χ0) is 10.8. The molecule has 1 atom stereocenters. The van der Waals surface area contributed by atoms with Gasteiger partial charge in [0.2, 0.25) is 5.96 Å². The van der Waals surface area contributed by atoms with E-state index < -0.39 is 0 Å². The van der Waals surface area contributed by atoms with Gasteiger partial charge < -0.3 is 10.6 Å². The van der Waals surface area contributed by atoms with Crippen molar-refractivity contribution in [2.45, 2.75) is 19.9 Å². The van der Waals surface area contributed by atoms with Crippen molar-refractivity contribution in [3.05, 3.63) is 29.3 Å². The second kappa shape index (κ2) is 3.73. The van der Waals surface area contributed by atoms with Crippen LogP contribution in [0.2, 0.25) is 0 Å². The van der Waals surface area contributed by atoms with Gasteiger partial charge >= 0.3 is 0 Å². The zero-order valence-electron chi connectivity index (χ0n) is 8.83. The van der Waals surface area contributed by atoms with Gasteiger partial charge in [0, 0.05) is 5.56 Å². The molecule has 1 aliphatic rings. The third kappa shape index (κ3) is 1.83. The van der Waals surface area contributed by atoms with Crippen LogP contribution in [0.5, 0.6) is 0 Å². The Hall–Kier alpha value is -1.84. The molecule has 0 bridgehead atoms. The fraction of sp³-hybridized carbons (Fsp3) is 0.273. The highest BCUT2D eigenvalue weighted by molar-refractivity contribution is 5.92. The summed E-state index contributed by atoms with van der Waals surface area (Å²) in [6, 6.07) is 6.41. The zero-order valence-corrected chi connectivity index (χ0v) is 8.83. The molecule has 1 unspecified atom stereocenters. The maximum absolute atomic E-state index is 6.97. The molecule has 1 heterocycles. The van der Waals surface area contributed by atoms with Gasteiger partial charge in [0.15, 0.2) is 0 Å². The van der Waals surface area contributed by atoms with Crippen LogP contribution in [0.4, 0.5) is 5.69 Å². The molecule has 0 aromatic heterocycles. The van der Waals surface area contributed by atoms with Gasteiger partial charge in [-0.2, -0.15) is 0 Å². The molecule has 0 saturated carbocycles. The first-order valence-electron chi connectivity index (χ1n) is 4.92. The van der Waals surface area contributed by atoms with E-state index in [4.69, 9.17) is 5.41 Å². The monoisotopic (exact) mass is 202 g/mol. The van der Waals surface area contributed by atoms with Crippen LogP contribution in [-0.4, -0.2) is 12.3 Å². The van der Waals surface area contributed by atoms with Crippen molar-refractivity contribution in [1.29, 1.82) is 5.41 Å². The standard InChI is InChI=1S/C11H14N4/c1-7-3-4-10-9(5-7)8(2)14-11(15-10)13-6-12/h3-6,8H,1-2H3,(H3,12,13,14,15). The first kappa shape index (κ1) is 9.71. The van der Waals surface area contributed by atoms with Crippen LogP contribution < -0.4 is 10.6 Å². The van der Waals surface area contributed by atoms with E-state index in [0.717, 1.165) is 12.0 Å². The summed E-state index contributed by atoms with van der Waals surface area (Å²) < 4.78 is 0. The Morgan fingerprint density at radius 3 is 3.07 bits per heavy atom. The van der Waals surface area contributed by atoms with Crippen molar-refractivity contribution in [3.63, 3.8) is 0 Å². The second-order valence-electron chi connectivity index (χ2n) is 3.68. The van der Waals surface area contributed by atoms with Gasteiger partial charge in [-0.1, -0.05) is 17.7 Å². The highest BCUT2D eigenvalue weighted by Gasteiger charge is 2.17. The smallest absolute Gasteiger partial charge is 0.202 e. The first-order chi connectivity index (χ1) is 7.20. The van der Waals surface area contributed by atoms with Gasteiger partial charge in [0.25, 0.3) is 0 Å². The Morgan fingerprint density at radius 1 is 1.53 bits per heavy atom. The summed E-state index contributed by atoms with van der Waals surface area (Å²) in [4.78, 5) is 4.37. The number of guanidine groups is 1. The molecule has 0 amide bonds. The summed E-state index contributed by atoms with van der Waals surface area (Å²) in [6.07, 6.45) is 1.12. The summed E-state index contributed by atoms with van der Waals surface area (Å²) in [6.45, 7) is 4.15. The van der Waals surface area contributed by atoms with Crippen LogP contribution >= 0.6 is 0 Å². The molecule has 1 aromatic carbocycles. The lowest BCUT2D eigenvalue weighted by molar-refractivity contribution is 0.693. The van der Waals surface area contributed by atoms with Crippen molar-refractivity contribution in [1.82, 2.24) is 10.6 Å². The molecule has 3 N–H and O–H groups in total. The van der Waals surface area contributed by atoms with Gasteiger partial charge in [0.05, 0.1) is 18.1 Å². The molecule has 0 fully saturated rings. The van der Waals surface area contributed by atoms with Crippen molar-refractivity contribution >= 4 is 18.0 Å². The minimum absolute atomic E-state index is 0.222. The van der Waals surface area contributed by atoms with E-state index in [-0.39, 0.29) is 6.04 Å². The first-order valence-corrected chi connectivity index (χ1v) is 4.92. The lowest BCUT2D eigenvalue weighted by Gasteiger charge is -2.23. The van der Waals surface area contributed by atoms with Gasteiger partial charge in [-0.05, 0) is 19.9 Å². The highest BCUT2D eigenvalue weighted by atomic mass is 15.2. The lowest BCUT2D eigenvalue weighted by atomic mass is 10.0. The molecule has 15 heavy (non-hydrogen) atoms. The van der Waals surface area contributed by atoms with Gasteiger partial charge in [0.1, 0.15) is 0 Å². The third-order valence-electron chi connectivity index (χ3n) is 2.44. The summed E-state index contributed by atoms with van der Waals surface area (Å²) in [5.74, 6) is 0.633. The predicted molar refractivity (Wildman–Crippen MR) is 61.7 cm³/mol. The third-order valence-corrected chi connectivity index (χ3v) is 2.44. The van der Waals surface area contributed by atoms with Crippen LogP contribution in [0.1, 0.15) is 24.1 Å². The molecule has 0 radical (unpaired) electrons. The number of aryl methyl sites for hydroxylation is 1. The van der Waals surface area contributed by atoms with E-state index in [1.54, 1.807) is 0 Å². The Balaban J connectivity index is 2.42. The molecule has 2 rings (SSSR count). The lowest BCUT2D eigenvalue weighted by Crippen LogP contribution is -2.39. The number of benzene rings is 1. The highest BCUT2D eigenvalue weighted by Crippen LogP contribution is 2.29. The van der Waals surface area contributed by atoms with E-state index in [9.17, 15) is 0 Å². The number of nitrogens with one attached hydrogen (secondary N) is 3. The summed E-state index contributed by atoms with van der Waals surface area (Å²) in [7, 11) is 0. The normalized spacial score (nSPS) is 18.5. The fourth-order valence-corrected chi connectivity index (χ4v) is 1.70. The van der Waals surface area contributed by atoms with Crippen molar-refractivity contribution in [2.75, 3.05) is 0 Å². The van der Waals surface area contributed by atoms with E-state index in [2.05, 4.69) is 35.5 Å². The van der Waals surface area contributed by atoms with Crippen LogP contribution in [0.3, 0.4) is 0 Å². The Morgan fingerprint density at radius 2 is 2.33 bits per heavy atom. The summed E-state index contributed by atoms with van der Waals surface area (Å²) in [5, 5.41) is 12.9. The number of rotatable bonds is 1. The van der Waals surface area contributed by atoms with Crippen molar-refractivity contribution in [3.8, 4) is 0 Å². The van der Waals surface area contributed by atoms with E-state index in [0.29, 0.717) is 5.96 Å². The van der Waals surface area contributed by atoms with Crippen molar-refractivity contribution < 1.29 is 0 Å². The average molecular weight is 202 g/mol. The number of hydrogen-bond donors (Lipinski definition) is 3. The van der Waals surface area contributed by atoms with E-state index >= 15 is 0 Å². The SMILES string of the molecule is Cc1ccc2c(c1)C(C)NC(NC=N)=N2. The molecule has 0 saturated heterocycles. The molecule has 0 aliphatic carbocycles. The maximum atomic E-state index is 6.97. The predicted octanol–water partition coefficient (Wildman–Crippen LogP) is 1.84. The molecular weight excluding hydrogens is 188 g/mol. The minimum Gasteiger partial charge on any atom is -0.349 e. The topological polar surface area (TPSA) is 60.3 Å². The number of hydrogen-bond acceptors (Lipinski definition) is 3. The molecule has 78 valence electrons. The van der Waals surface area contributed by atoms with Crippen LogP contribution in [0.15, 0.2) is 23.2 Å². The Kier molecular flexibility index (Phi) is 2.41. The van der Waals surface area contributed by atoms with Crippen LogP contribution in [0.25, 0.3) is 0 Å². The molecule has 1 aromatic rings. The summed E-state index contributed by atoms with van der Waals surface area (Å²) >= 11 is 0. The summed E-state index contributed by atoms with van der Waals surface area (Å²) in [5.41, 5.74) is 3.41. The largest absolute Gasteiger partial charge is 0.349 e. The molecule has 0 spiro atoms. The minimum atomic E-state index is 0.222. The van der Waals surface area contributed by atoms with Gasteiger partial charge in [-0.25, -0.2) is 4.99 Å². The van der Waals surface area contributed by atoms with E-state index in [1.165, 1.54) is 11.1 Å². The quantitative estimate of drug-likeness (QED) is 0.480. The van der Waals surface area contributed by atoms with Crippen LogP contribution in [-0.2, 0) is 0 Å². The fourth-order valence-electron chi connectivity index (χ4n) is 1.70. The maximum Gasteiger partial charge on any atom is 0.202 e. The average Bonchev–Trinajstić information content (AvgIpc) is 2.20. The molecular formula is C11H14N4.